The van der Waals surface area contributed by atoms with E-state index < -0.39 is 17.7 Å². The van der Waals surface area contributed by atoms with E-state index in [9.17, 15) is 14.7 Å². The molecule has 2 aliphatic heterocycles. The van der Waals surface area contributed by atoms with Crippen LogP contribution in [0.4, 0.5) is 0 Å². The summed E-state index contributed by atoms with van der Waals surface area (Å²) in [5.74, 6) is -0.984. The van der Waals surface area contributed by atoms with Crippen LogP contribution in [0.15, 0.2) is 54.1 Å². The second-order valence-electron chi connectivity index (χ2n) is 8.77. The summed E-state index contributed by atoms with van der Waals surface area (Å²) in [6.07, 6.45) is 1.72. The predicted molar refractivity (Wildman–Crippen MR) is 120 cm³/mol. The van der Waals surface area contributed by atoms with Crippen molar-refractivity contribution >= 4 is 17.4 Å². The molecule has 0 bridgehead atoms. The molecule has 5 heteroatoms. The molecule has 1 amide bonds. The smallest absolute Gasteiger partial charge is 0.295 e. The van der Waals surface area contributed by atoms with Crippen molar-refractivity contribution in [1.82, 2.24) is 4.90 Å². The van der Waals surface area contributed by atoms with Gasteiger partial charge in [0.05, 0.1) is 17.7 Å². The van der Waals surface area contributed by atoms with Gasteiger partial charge >= 0.3 is 0 Å². The van der Waals surface area contributed by atoms with Gasteiger partial charge < -0.3 is 14.7 Å². The molecule has 2 aliphatic rings. The number of hydrogen-bond donors (Lipinski definition) is 1. The number of nitrogens with zero attached hydrogens (tertiary/aromatic N) is 1. The van der Waals surface area contributed by atoms with Crippen molar-refractivity contribution in [2.24, 2.45) is 0 Å². The summed E-state index contributed by atoms with van der Waals surface area (Å²) in [4.78, 5) is 27.7. The number of ether oxygens (including phenoxy) is 1. The van der Waals surface area contributed by atoms with E-state index in [1.54, 1.807) is 17.0 Å². The molecule has 0 aromatic heterocycles. The Kier molecular flexibility index (Phi) is 5.96. The maximum absolute atomic E-state index is 13.1. The van der Waals surface area contributed by atoms with Crippen molar-refractivity contribution in [3.05, 3.63) is 76.4 Å². The van der Waals surface area contributed by atoms with Crippen molar-refractivity contribution in [2.75, 3.05) is 13.2 Å². The van der Waals surface area contributed by atoms with Crippen molar-refractivity contribution < 1.29 is 19.4 Å². The molecule has 4 rings (SSSR count). The summed E-state index contributed by atoms with van der Waals surface area (Å²) < 4.78 is 5.74. The number of likely N-dealkylation sites (tertiary alicyclic amines) is 1. The highest BCUT2D eigenvalue weighted by Gasteiger charge is 2.47. The van der Waals surface area contributed by atoms with Gasteiger partial charge in [0.1, 0.15) is 5.76 Å². The lowest BCUT2D eigenvalue weighted by molar-refractivity contribution is -0.140. The zero-order valence-corrected chi connectivity index (χ0v) is 18.3. The lowest BCUT2D eigenvalue weighted by Crippen LogP contribution is -2.36. The van der Waals surface area contributed by atoms with Crippen molar-refractivity contribution in [2.45, 2.75) is 51.7 Å². The van der Waals surface area contributed by atoms with E-state index in [1.165, 1.54) is 5.56 Å². The van der Waals surface area contributed by atoms with Gasteiger partial charge in [0, 0.05) is 18.7 Å². The lowest BCUT2D eigenvalue weighted by atomic mass is 9.93. The second-order valence-corrected chi connectivity index (χ2v) is 8.77. The maximum atomic E-state index is 13.1. The molecular weight excluding hydrogens is 390 g/mol. The minimum Gasteiger partial charge on any atom is -0.507 e. The molecule has 2 fully saturated rings. The minimum atomic E-state index is -0.644. The number of aliphatic hydroxyl groups is 1. The average Bonchev–Trinajstić information content (AvgIpc) is 3.36. The van der Waals surface area contributed by atoms with E-state index in [1.807, 2.05) is 43.3 Å². The SMILES string of the molecule is Cc1ccc(C(O)=C2C(=O)C(=O)N(C[C@@H]3CCCO3)[C@H]2c2ccc(C(C)C)cc2)cc1. The van der Waals surface area contributed by atoms with Crippen LogP contribution in [-0.2, 0) is 14.3 Å². The third kappa shape index (κ3) is 4.15. The Balaban J connectivity index is 1.80. The first-order chi connectivity index (χ1) is 14.9. The fourth-order valence-electron chi connectivity index (χ4n) is 4.35. The highest BCUT2D eigenvalue weighted by molar-refractivity contribution is 6.46. The molecule has 0 radical (unpaired) electrons. The highest BCUT2D eigenvalue weighted by Crippen LogP contribution is 2.40. The van der Waals surface area contributed by atoms with Gasteiger partial charge in [0.2, 0.25) is 0 Å². The summed E-state index contributed by atoms with van der Waals surface area (Å²) >= 11 is 0. The maximum Gasteiger partial charge on any atom is 0.295 e. The summed E-state index contributed by atoms with van der Waals surface area (Å²) in [6.45, 7) is 7.21. The molecule has 1 N–H and O–H groups in total. The molecule has 0 aliphatic carbocycles. The lowest BCUT2D eigenvalue weighted by Gasteiger charge is -2.27. The summed E-state index contributed by atoms with van der Waals surface area (Å²) in [5, 5.41) is 11.1. The summed E-state index contributed by atoms with van der Waals surface area (Å²) in [7, 11) is 0. The van der Waals surface area contributed by atoms with E-state index in [4.69, 9.17) is 4.74 Å². The van der Waals surface area contributed by atoms with Crippen molar-refractivity contribution in [1.29, 1.82) is 0 Å². The van der Waals surface area contributed by atoms with Crippen LogP contribution in [0, 0.1) is 6.92 Å². The van der Waals surface area contributed by atoms with Crippen LogP contribution in [0.2, 0.25) is 0 Å². The number of hydrogen-bond acceptors (Lipinski definition) is 4. The van der Waals surface area contributed by atoms with Crippen LogP contribution in [0.3, 0.4) is 0 Å². The summed E-state index contributed by atoms with van der Waals surface area (Å²) in [6, 6.07) is 14.6. The van der Waals surface area contributed by atoms with Gasteiger partial charge in [0.15, 0.2) is 0 Å². The number of benzene rings is 2. The first kappa shape index (κ1) is 21.3. The van der Waals surface area contributed by atoms with Crippen LogP contribution in [0.5, 0.6) is 0 Å². The van der Waals surface area contributed by atoms with Crippen LogP contribution in [-0.4, -0.2) is 41.0 Å². The van der Waals surface area contributed by atoms with Gasteiger partial charge in [-0.2, -0.15) is 0 Å². The number of carbonyl (C=O) groups excluding carboxylic acids is 2. The second kappa shape index (κ2) is 8.67. The molecule has 31 heavy (non-hydrogen) atoms. The first-order valence-corrected chi connectivity index (χ1v) is 10.9. The molecule has 2 aromatic carbocycles. The fourth-order valence-corrected chi connectivity index (χ4v) is 4.35. The van der Waals surface area contributed by atoms with E-state index in [0.717, 1.165) is 24.0 Å². The largest absolute Gasteiger partial charge is 0.507 e. The Morgan fingerprint density at radius 2 is 1.77 bits per heavy atom. The third-order valence-corrected chi connectivity index (χ3v) is 6.21. The molecule has 0 spiro atoms. The standard InChI is InChI=1S/C26H29NO4/c1-16(2)18-10-12-19(13-11-18)23-22(24(28)20-8-6-17(3)7-9-20)25(29)26(30)27(23)15-21-5-4-14-31-21/h6-13,16,21,23,28H,4-5,14-15H2,1-3H3/t21-,23-/m0/s1. The van der Waals surface area contributed by atoms with Crippen LogP contribution >= 0.6 is 0 Å². The molecule has 0 unspecified atom stereocenters. The zero-order chi connectivity index (χ0) is 22.1. The number of aryl methyl sites for hydroxylation is 1. The van der Waals surface area contributed by atoms with Crippen molar-refractivity contribution in [3.63, 3.8) is 0 Å². The predicted octanol–water partition coefficient (Wildman–Crippen LogP) is 4.72. The first-order valence-electron chi connectivity index (χ1n) is 10.9. The summed E-state index contributed by atoms with van der Waals surface area (Å²) in [5.41, 5.74) is 3.72. The van der Waals surface area contributed by atoms with Gasteiger partial charge in [-0.15, -0.1) is 0 Å². The molecule has 2 saturated heterocycles. The minimum absolute atomic E-state index is 0.0879. The number of rotatable bonds is 5. The monoisotopic (exact) mass is 419 g/mol. The highest BCUT2D eigenvalue weighted by atomic mass is 16.5. The van der Waals surface area contributed by atoms with E-state index in [-0.39, 0.29) is 17.4 Å². The van der Waals surface area contributed by atoms with Crippen LogP contribution in [0.25, 0.3) is 5.76 Å². The number of ketones is 1. The zero-order valence-electron chi connectivity index (χ0n) is 18.3. The quantitative estimate of drug-likeness (QED) is 0.433. The van der Waals surface area contributed by atoms with Gasteiger partial charge in [-0.3, -0.25) is 9.59 Å². The number of carbonyl (C=O) groups is 2. The Morgan fingerprint density at radius 3 is 2.35 bits per heavy atom. The number of amides is 1. The van der Waals surface area contributed by atoms with Gasteiger partial charge in [0.25, 0.3) is 11.7 Å². The van der Waals surface area contributed by atoms with E-state index in [0.29, 0.717) is 24.6 Å². The van der Waals surface area contributed by atoms with Crippen LogP contribution < -0.4 is 0 Å². The van der Waals surface area contributed by atoms with Gasteiger partial charge in [-0.05, 0) is 36.8 Å². The van der Waals surface area contributed by atoms with E-state index >= 15 is 0 Å². The molecule has 0 saturated carbocycles. The van der Waals surface area contributed by atoms with Crippen molar-refractivity contribution in [3.8, 4) is 0 Å². The Bertz CT molecular complexity index is 999. The fraction of sp³-hybridized carbons (Fsp3) is 0.385. The Hall–Kier alpha value is -2.92. The normalized spacial score (nSPS) is 23.2. The third-order valence-electron chi connectivity index (χ3n) is 6.21. The molecule has 2 atom stereocenters. The number of Topliss-reactive ketones (excluding diaryl/α,β-unsaturated/α-hetero) is 1. The Morgan fingerprint density at radius 1 is 1.10 bits per heavy atom. The average molecular weight is 420 g/mol. The van der Waals surface area contributed by atoms with Gasteiger partial charge in [-0.25, -0.2) is 0 Å². The van der Waals surface area contributed by atoms with Crippen LogP contribution in [0.1, 0.15) is 60.9 Å². The van der Waals surface area contributed by atoms with E-state index in [2.05, 4.69) is 13.8 Å². The topological polar surface area (TPSA) is 66.8 Å². The molecule has 2 heterocycles. The molecule has 2 aromatic rings. The van der Waals surface area contributed by atoms with Gasteiger partial charge in [-0.1, -0.05) is 67.9 Å². The molecular formula is C26H29NO4. The molecule has 5 nitrogen and oxygen atoms in total. The molecule has 162 valence electrons. The number of aliphatic hydroxyl groups excluding tert-OH is 1. The Labute approximate surface area is 183 Å².